The van der Waals surface area contributed by atoms with E-state index in [2.05, 4.69) is 9.97 Å². The second-order valence-electron chi connectivity index (χ2n) is 8.31. The SMILES string of the molecule is CC(C)c1nc(N(C)S(C)(=O)=O)nc(-c2ccc(F)cc2)c1CC[C@H](O)C[C@H](O)CC(=O)O. The number of benzene rings is 1. The van der Waals surface area contributed by atoms with Crippen LogP contribution in [0.2, 0.25) is 0 Å². The molecule has 0 amide bonds. The van der Waals surface area contributed by atoms with Crippen molar-refractivity contribution in [1.82, 2.24) is 9.97 Å². The van der Waals surface area contributed by atoms with Crippen molar-refractivity contribution in [3.05, 3.63) is 41.3 Å². The van der Waals surface area contributed by atoms with Crippen molar-refractivity contribution < 1.29 is 32.9 Å². The standard InChI is InChI=1S/C22H30FN3O6S/c1-13(2)20-18(10-9-16(27)11-17(28)12-19(29)30)21(14-5-7-15(23)8-6-14)25-22(24-20)26(3)33(4,31)32/h5-8,13,16-17,27-28H,9-12H2,1-4H3,(H,29,30)/t16-,17-/m0/s1. The number of aliphatic hydroxyl groups excluding tert-OH is 2. The molecule has 0 saturated carbocycles. The predicted molar refractivity (Wildman–Crippen MR) is 122 cm³/mol. The normalized spacial score (nSPS) is 13.7. The van der Waals surface area contributed by atoms with Crippen molar-refractivity contribution in [3.63, 3.8) is 0 Å². The number of carbonyl (C=O) groups is 1. The minimum Gasteiger partial charge on any atom is -0.481 e. The molecule has 1 heterocycles. The molecule has 0 radical (unpaired) electrons. The van der Waals surface area contributed by atoms with E-state index < -0.39 is 40.4 Å². The number of halogens is 1. The molecule has 0 aliphatic carbocycles. The van der Waals surface area contributed by atoms with Gasteiger partial charge in [0.25, 0.3) is 0 Å². The van der Waals surface area contributed by atoms with E-state index in [1.807, 2.05) is 13.8 Å². The van der Waals surface area contributed by atoms with E-state index in [0.717, 1.165) is 10.6 Å². The van der Waals surface area contributed by atoms with Crippen molar-refractivity contribution in [1.29, 1.82) is 0 Å². The molecule has 0 saturated heterocycles. The van der Waals surface area contributed by atoms with Crippen molar-refractivity contribution in [2.75, 3.05) is 17.6 Å². The van der Waals surface area contributed by atoms with Crippen LogP contribution >= 0.6 is 0 Å². The van der Waals surface area contributed by atoms with Gasteiger partial charge in [-0.05, 0) is 49.4 Å². The zero-order valence-corrected chi connectivity index (χ0v) is 19.9. The first-order valence-corrected chi connectivity index (χ1v) is 12.3. The Kier molecular flexibility index (Phi) is 8.87. The summed E-state index contributed by atoms with van der Waals surface area (Å²) in [5.41, 5.74) is 2.21. The van der Waals surface area contributed by atoms with Crippen LogP contribution in [-0.4, -0.2) is 65.2 Å². The Morgan fingerprint density at radius 2 is 1.73 bits per heavy atom. The Labute approximate surface area is 193 Å². The largest absolute Gasteiger partial charge is 0.481 e. The summed E-state index contributed by atoms with van der Waals surface area (Å²) in [6.07, 6.45) is -1.22. The third-order valence-corrected chi connectivity index (χ3v) is 6.31. The van der Waals surface area contributed by atoms with Gasteiger partial charge in [0, 0.05) is 18.2 Å². The highest BCUT2D eigenvalue weighted by Gasteiger charge is 2.24. The molecule has 33 heavy (non-hydrogen) atoms. The van der Waals surface area contributed by atoms with E-state index in [9.17, 15) is 27.8 Å². The van der Waals surface area contributed by atoms with Crippen LogP contribution < -0.4 is 4.31 Å². The van der Waals surface area contributed by atoms with E-state index in [1.165, 1.54) is 31.3 Å². The molecule has 9 nitrogen and oxygen atoms in total. The third kappa shape index (κ3) is 7.44. The minimum absolute atomic E-state index is 0.0262. The number of aliphatic hydroxyl groups is 2. The van der Waals surface area contributed by atoms with Crippen molar-refractivity contribution in [3.8, 4) is 11.3 Å². The first kappa shape index (κ1) is 26.6. The fraction of sp³-hybridized carbons (Fsp3) is 0.500. The number of hydrogen-bond donors (Lipinski definition) is 3. The second kappa shape index (κ2) is 11.0. The Hall–Kier alpha value is -2.63. The molecule has 2 aromatic rings. The molecule has 11 heteroatoms. The molecule has 0 bridgehead atoms. The number of sulfonamides is 1. The van der Waals surface area contributed by atoms with Gasteiger partial charge < -0.3 is 15.3 Å². The highest BCUT2D eigenvalue weighted by Crippen LogP contribution is 2.32. The molecule has 1 aromatic carbocycles. The van der Waals surface area contributed by atoms with Gasteiger partial charge in [-0.1, -0.05) is 13.8 Å². The number of anilines is 1. The number of aromatic nitrogens is 2. The fourth-order valence-corrected chi connectivity index (χ4v) is 3.75. The molecular formula is C22H30FN3O6S. The first-order valence-electron chi connectivity index (χ1n) is 10.5. The summed E-state index contributed by atoms with van der Waals surface area (Å²) < 4.78 is 38.7. The maximum Gasteiger partial charge on any atom is 0.305 e. The molecule has 0 spiro atoms. The van der Waals surface area contributed by atoms with Crippen LogP contribution in [0, 0.1) is 5.82 Å². The number of aliphatic carboxylic acids is 1. The summed E-state index contributed by atoms with van der Waals surface area (Å²) >= 11 is 0. The number of carboxylic acid groups (broad SMARTS) is 1. The summed E-state index contributed by atoms with van der Waals surface area (Å²) in [7, 11) is -2.29. The van der Waals surface area contributed by atoms with Gasteiger partial charge in [0.1, 0.15) is 5.82 Å². The number of carboxylic acids is 1. The molecule has 0 aliphatic rings. The Morgan fingerprint density at radius 3 is 2.24 bits per heavy atom. The van der Waals surface area contributed by atoms with E-state index in [-0.39, 0.29) is 31.1 Å². The third-order valence-electron chi connectivity index (χ3n) is 5.15. The number of rotatable bonds is 11. The van der Waals surface area contributed by atoms with E-state index in [0.29, 0.717) is 22.5 Å². The number of nitrogens with zero attached hydrogens (tertiary/aromatic N) is 3. The van der Waals surface area contributed by atoms with Crippen LogP contribution in [0.1, 0.15) is 50.3 Å². The first-order chi connectivity index (χ1) is 15.3. The average Bonchev–Trinajstić information content (AvgIpc) is 2.70. The molecule has 3 N–H and O–H groups in total. The molecule has 2 atom stereocenters. The van der Waals surface area contributed by atoms with E-state index >= 15 is 0 Å². The van der Waals surface area contributed by atoms with Gasteiger partial charge >= 0.3 is 5.97 Å². The molecule has 0 unspecified atom stereocenters. The van der Waals surface area contributed by atoms with Crippen LogP contribution in [-0.2, 0) is 21.2 Å². The van der Waals surface area contributed by atoms with Gasteiger partial charge in [-0.25, -0.2) is 27.1 Å². The van der Waals surface area contributed by atoms with Crippen LogP contribution in [0.15, 0.2) is 24.3 Å². The lowest BCUT2D eigenvalue weighted by molar-refractivity contribution is -0.139. The summed E-state index contributed by atoms with van der Waals surface area (Å²) in [4.78, 5) is 19.7. The summed E-state index contributed by atoms with van der Waals surface area (Å²) in [5.74, 6) is -1.74. The second-order valence-corrected chi connectivity index (χ2v) is 10.3. The summed E-state index contributed by atoms with van der Waals surface area (Å²) in [6, 6.07) is 5.60. The van der Waals surface area contributed by atoms with Gasteiger partial charge in [0.15, 0.2) is 0 Å². The molecule has 0 fully saturated rings. The molecule has 182 valence electrons. The predicted octanol–water partition coefficient (Wildman–Crippen LogP) is 2.32. The van der Waals surface area contributed by atoms with E-state index in [1.54, 1.807) is 0 Å². The van der Waals surface area contributed by atoms with Crippen LogP contribution in [0.3, 0.4) is 0 Å². The van der Waals surface area contributed by atoms with Gasteiger partial charge in [0.05, 0.1) is 36.3 Å². The van der Waals surface area contributed by atoms with Crippen LogP contribution in [0.25, 0.3) is 11.3 Å². The van der Waals surface area contributed by atoms with Gasteiger partial charge in [-0.2, -0.15) is 0 Å². The Bertz CT molecular complexity index is 1080. The van der Waals surface area contributed by atoms with Crippen LogP contribution in [0.5, 0.6) is 0 Å². The highest BCUT2D eigenvalue weighted by molar-refractivity contribution is 7.92. The van der Waals surface area contributed by atoms with Crippen LogP contribution in [0.4, 0.5) is 10.3 Å². The fourth-order valence-electron chi connectivity index (χ4n) is 3.38. The van der Waals surface area contributed by atoms with E-state index in [4.69, 9.17) is 5.11 Å². The lowest BCUT2D eigenvalue weighted by atomic mass is 9.93. The monoisotopic (exact) mass is 483 g/mol. The lowest BCUT2D eigenvalue weighted by Crippen LogP contribution is -2.28. The minimum atomic E-state index is -3.63. The van der Waals surface area contributed by atoms with Gasteiger partial charge in [0.2, 0.25) is 16.0 Å². The zero-order chi connectivity index (χ0) is 24.9. The topological polar surface area (TPSA) is 141 Å². The zero-order valence-electron chi connectivity index (χ0n) is 19.1. The number of hydrogen-bond acceptors (Lipinski definition) is 7. The van der Waals surface area contributed by atoms with Gasteiger partial charge in [-0.15, -0.1) is 0 Å². The van der Waals surface area contributed by atoms with Crippen molar-refractivity contribution in [2.45, 2.75) is 57.7 Å². The Morgan fingerprint density at radius 1 is 1.12 bits per heavy atom. The lowest BCUT2D eigenvalue weighted by Gasteiger charge is -2.22. The summed E-state index contributed by atoms with van der Waals surface area (Å²) in [5, 5.41) is 28.9. The van der Waals surface area contributed by atoms with Crippen molar-refractivity contribution >= 4 is 21.9 Å². The molecule has 0 aliphatic heterocycles. The maximum atomic E-state index is 13.5. The molecule has 1 aromatic heterocycles. The van der Waals surface area contributed by atoms with Crippen molar-refractivity contribution in [2.24, 2.45) is 0 Å². The average molecular weight is 484 g/mol. The van der Waals surface area contributed by atoms with Gasteiger partial charge in [-0.3, -0.25) is 4.79 Å². The quantitative estimate of drug-likeness (QED) is 0.442. The smallest absolute Gasteiger partial charge is 0.305 e. The molecule has 2 rings (SSSR count). The maximum absolute atomic E-state index is 13.5. The highest BCUT2D eigenvalue weighted by atomic mass is 32.2. The Balaban J connectivity index is 2.50. The molecular weight excluding hydrogens is 453 g/mol. The summed E-state index contributed by atoms with van der Waals surface area (Å²) in [6.45, 7) is 3.77.